The van der Waals surface area contributed by atoms with Gasteiger partial charge in [0, 0.05) is 25.0 Å². The first-order valence-corrected chi connectivity index (χ1v) is 6.34. The molecule has 5 nitrogen and oxygen atoms in total. The van der Waals surface area contributed by atoms with Crippen molar-refractivity contribution in [3.63, 3.8) is 0 Å². The summed E-state index contributed by atoms with van der Waals surface area (Å²) in [6, 6.07) is 0. The Labute approximate surface area is 103 Å². The van der Waals surface area contributed by atoms with E-state index in [-0.39, 0.29) is 23.9 Å². The third-order valence-corrected chi connectivity index (χ3v) is 3.55. The Morgan fingerprint density at radius 3 is 2.59 bits per heavy atom. The normalized spacial score (nSPS) is 16.4. The fourth-order valence-corrected chi connectivity index (χ4v) is 1.88. The number of nitrogens with zero attached hydrogens (tertiary/aromatic N) is 1. The van der Waals surface area contributed by atoms with Crippen LogP contribution in [0.1, 0.15) is 39.5 Å². The SMILES string of the molecule is CCC(N)(CC)CNC(=O)CN1CCCC1=O. The summed E-state index contributed by atoms with van der Waals surface area (Å²) in [6.45, 7) is 5.37. The molecule has 0 spiro atoms. The number of likely N-dealkylation sites (tertiary alicyclic amines) is 1. The molecule has 0 aromatic carbocycles. The standard InChI is InChI=1S/C12H23N3O2/c1-3-12(13,4-2)9-14-10(16)8-15-7-5-6-11(15)17/h3-9,13H2,1-2H3,(H,14,16). The van der Waals surface area contributed by atoms with Crippen LogP contribution in [-0.4, -0.2) is 41.9 Å². The van der Waals surface area contributed by atoms with Crippen LogP contribution in [0.5, 0.6) is 0 Å². The summed E-state index contributed by atoms with van der Waals surface area (Å²) in [5.41, 5.74) is 5.76. The number of hydrogen-bond acceptors (Lipinski definition) is 3. The molecule has 0 radical (unpaired) electrons. The average molecular weight is 241 g/mol. The minimum atomic E-state index is -0.329. The van der Waals surface area contributed by atoms with Gasteiger partial charge in [-0.05, 0) is 19.3 Å². The van der Waals surface area contributed by atoms with Crippen LogP contribution in [0.25, 0.3) is 0 Å². The van der Waals surface area contributed by atoms with Gasteiger partial charge in [0.2, 0.25) is 11.8 Å². The highest BCUT2D eigenvalue weighted by Crippen LogP contribution is 2.10. The topological polar surface area (TPSA) is 75.4 Å². The average Bonchev–Trinajstić information content (AvgIpc) is 2.72. The van der Waals surface area contributed by atoms with E-state index in [1.54, 1.807) is 4.90 Å². The van der Waals surface area contributed by atoms with Crippen molar-refractivity contribution in [3.8, 4) is 0 Å². The molecule has 1 saturated heterocycles. The Bertz CT molecular complexity index is 287. The second-order valence-corrected chi connectivity index (χ2v) is 4.77. The fraction of sp³-hybridized carbons (Fsp3) is 0.833. The van der Waals surface area contributed by atoms with Crippen molar-refractivity contribution < 1.29 is 9.59 Å². The lowest BCUT2D eigenvalue weighted by Gasteiger charge is -2.27. The lowest BCUT2D eigenvalue weighted by molar-refractivity contribution is -0.133. The first-order valence-electron chi connectivity index (χ1n) is 6.34. The zero-order chi connectivity index (χ0) is 12.9. The zero-order valence-corrected chi connectivity index (χ0v) is 10.8. The quantitative estimate of drug-likeness (QED) is 0.699. The highest BCUT2D eigenvalue weighted by molar-refractivity contribution is 5.85. The van der Waals surface area contributed by atoms with Crippen molar-refractivity contribution >= 4 is 11.8 Å². The second kappa shape index (κ2) is 6.00. The van der Waals surface area contributed by atoms with Crippen LogP contribution in [0.4, 0.5) is 0 Å². The van der Waals surface area contributed by atoms with E-state index in [1.807, 2.05) is 13.8 Å². The Morgan fingerprint density at radius 1 is 1.47 bits per heavy atom. The van der Waals surface area contributed by atoms with E-state index in [0.717, 1.165) is 19.3 Å². The molecule has 0 aromatic heterocycles. The van der Waals surface area contributed by atoms with E-state index < -0.39 is 0 Å². The van der Waals surface area contributed by atoms with Gasteiger partial charge < -0.3 is 16.0 Å². The molecule has 0 unspecified atom stereocenters. The number of nitrogens with two attached hydrogens (primary N) is 1. The summed E-state index contributed by atoms with van der Waals surface area (Å²) >= 11 is 0. The molecule has 1 rings (SSSR count). The van der Waals surface area contributed by atoms with Gasteiger partial charge in [-0.1, -0.05) is 13.8 Å². The first kappa shape index (κ1) is 14.0. The van der Waals surface area contributed by atoms with Gasteiger partial charge in [-0.15, -0.1) is 0 Å². The highest BCUT2D eigenvalue weighted by atomic mass is 16.2. The summed E-state index contributed by atoms with van der Waals surface area (Å²) in [5.74, 6) is -0.0397. The molecular weight excluding hydrogens is 218 g/mol. The number of rotatable bonds is 6. The Hall–Kier alpha value is -1.10. The molecule has 3 N–H and O–H groups in total. The number of nitrogens with one attached hydrogen (secondary N) is 1. The van der Waals surface area contributed by atoms with Crippen LogP contribution in [-0.2, 0) is 9.59 Å². The molecule has 1 fully saturated rings. The van der Waals surface area contributed by atoms with Gasteiger partial charge in [-0.3, -0.25) is 9.59 Å². The number of amides is 2. The van der Waals surface area contributed by atoms with E-state index in [0.29, 0.717) is 19.5 Å². The van der Waals surface area contributed by atoms with Crippen LogP contribution in [0.15, 0.2) is 0 Å². The van der Waals surface area contributed by atoms with Crippen LogP contribution in [0, 0.1) is 0 Å². The molecule has 0 bridgehead atoms. The summed E-state index contributed by atoms with van der Waals surface area (Å²) in [6.07, 6.45) is 3.08. The third kappa shape index (κ3) is 4.00. The Morgan fingerprint density at radius 2 is 2.12 bits per heavy atom. The van der Waals surface area contributed by atoms with Crippen molar-refractivity contribution in [1.82, 2.24) is 10.2 Å². The molecule has 1 aliphatic heterocycles. The third-order valence-electron chi connectivity index (χ3n) is 3.55. The summed E-state index contributed by atoms with van der Waals surface area (Å²) in [5, 5.41) is 2.81. The molecule has 1 heterocycles. The summed E-state index contributed by atoms with van der Waals surface area (Å²) < 4.78 is 0. The van der Waals surface area contributed by atoms with Crippen LogP contribution >= 0.6 is 0 Å². The maximum Gasteiger partial charge on any atom is 0.239 e. The minimum Gasteiger partial charge on any atom is -0.353 e. The van der Waals surface area contributed by atoms with Gasteiger partial charge in [-0.2, -0.15) is 0 Å². The van der Waals surface area contributed by atoms with Gasteiger partial charge in [0.05, 0.1) is 6.54 Å². The van der Waals surface area contributed by atoms with Crippen LogP contribution in [0.3, 0.4) is 0 Å². The number of carbonyl (C=O) groups excluding carboxylic acids is 2. The minimum absolute atomic E-state index is 0.0742. The fourth-order valence-electron chi connectivity index (χ4n) is 1.88. The molecule has 5 heteroatoms. The van der Waals surface area contributed by atoms with Crippen molar-refractivity contribution in [2.45, 2.75) is 45.1 Å². The predicted octanol–water partition coefficient (Wildman–Crippen LogP) is 0.243. The Balaban J connectivity index is 2.32. The molecule has 98 valence electrons. The molecule has 0 atom stereocenters. The van der Waals surface area contributed by atoms with Crippen LogP contribution in [0.2, 0.25) is 0 Å². The monoisotopic (exact) mass is 241 g/mol. The van der Waals surface area contributed by atoms with E-state index in [4.69, 9.17) is 5.73 Å². The molecule has 2 amide bonds. The highest BCUT2D eigenvalue weighted by Gasteiger charge is 2.24. The van der Waals surface area contributed by atoms with Crippen molar-refractivity contribution in [1.29, 1.82) is 0 Å². The molecule has 1 aliphatic rings. The molecular formula is C12H23N3O2. The second-order valence-electron chi connectivity index (χ2n) is 4.77. The number of carbonyl (C=O) groups is 2. The van der Waals surface area contributed by atoms with E-state index in [2.05, 4.69) is 5.32 Å². The Kier molecular flexibility index (Phi) is 4.93. The maximum atomic E-state index is 11.7. The first-order chi connectivity index (χ1) is 8.00. The molecule has 17 heavy (non-hydrogen) atoms. The number of hydrogen-bond donors (Lipinski definition) is 2. The summed E-state index contributed by atoms with van der Waals surface area (Å²) in [4.78, 5) is 24.6. The van der Waals surface area contributed by atoms with Crippen molar-refractivity contribution in [3.05, 3.63) is 0 Å². The smallest absolute Gasteiger partial charge is 0.239 e. The van der Waals surface area contributed by atoms with Gasteiger partial charge in [0.1, 0.15) is 0 Å². The maximum absolute atomic E-state index is 11.7. The summed E-state index contributed by atoms with van der Waals surface area (Å²) in [7, 11) is 0. The zero-order valence-electron chi connectivity index (χ0n) is 10.8. The van der Waals surface area contributed by atoms with Crippen molar-refractivity contribution in [2.75, 3.05) is 19.6 Å². The van der Waals surface area contributed by atoms with Crippen LogP contribution < -0.4 is 11.1 Å². The van der Waals surface area contributed by atoms with E-state index >= 15 is 0 Å². The van der Waals surface area contributed by atoms with Crippen molar-refractivity contribution in [2.24, 2.45) is 5.73 Å². The van der Waals surface area contributed by atoms with E-state index in [9.17, 15) is 9.59 Å². The lowest BCUT2D eigenvalue weighted by atomic mass is 9.94. The molecule has 0 aliphatic carbocycles. The van der Waals surface area contributed by atoms with E-state index in [1.165, 1.54) is 0 Å². The molecule has 0 saturated carbocycles. The lowest BCUT2D eigenvalue weighted by Crippen LogP contribution is -2.51. The molecule has 0 aromatic rings. The van der Waals surface area contributed by atoms with Gasteiger partial charge in [-0.25, -0.2) is 0 Å². The van der Waals surface area contributed by atoms with Gasteiger partial charge in [0.15, 0.2) is 0 Å². The van der Waals surface area contributed by atoms with Gasteiger partial charge in [0.25, 0.3) is 0 Å². The largest absolute Gasteiger partial charge is 0.353 e. The van der Waals surface area contributed by atoms with Gasteiger partial charge >= 0.3 is 0 Å². The predicted molar refractivity (Wildman–Crippen MR) is 66.3 cm³/mol.